The molecule has 0 unspecified atom stereocenters. The van der Waals surface area contributed by atoms with E-state index in [-0.39, 0.29) is 11.4 Å². The summed E-state index contributed by atoms with van der Waals surface area (Å²) in [7, 11) is -1.97. The van der Waals surface area contributed by atoms with Gasteiger partial charge < -0.3 is 15.4 Å². The highest BCUT2D eigenvalue weighted by Crippen LogP contribution is 2.27. The number of carbonyl (C=O) groups excluding carboxylic acids is 2. The van der Waals surface area contributed by atoms with Crippen molar-refractivity contribution in [1.82, 2.24) is 9.62 Å². The smallest absolute Gasteiger partial charge is 0.313 e. The molecular weight excluding hydrogens is 442 g/mol. The third-order valence-corrected chi connectivity index (χ3v) is 7.15. The first-order valence-corrected chi connectivity index (χ1v) is 11.6. The van der Waals surface area contributed by atoms with Crippen LogP contribution in [0.1, 0.15) is 18.4 Å². The Morgan fingerprint density at radius 2 is 1.74 bits per heavy atom. The lowest BCUT2D eigenvalue weighted by atomic mass is 10.1. The maximum absolute atomic E-state index is 12.5. The van der Waals surface area contributed by atoms with Crippen molar-refractivity contribution in [3.05, 3.63) is 53.1 Å². The second-order valence-electron chi connectivity index (χ2n) is 7.06. The van der Waals surface area contributed by atoms with Gasteiger partial charge in [0, 0.05) is 25.3 Å². The Hall–Kier alpha value is -2.62. The van der Waals surface area contributed by atoms with E-state index < -0.39 is 21.8 Å². The number of nitrogens with zero attached hydrogens (tertiary/aromatic N) is 1. The molecule has 2 aromatic carbocycles. The van der Waals surface area contributed by atoms with Gasteiger partial charge in [-0.2, -0.15) is 4.31 Å². The number of methoxy groups -OCH3 is 1. The van der Waals surface area contributed by atoms with Crippen LogP contribution in [0.5, 0.6) is 5.75 Å². The van der Waals surface area contributed by atoms with Crippen molar-refractivity contribution in [2.24, 2.45) is 0 Å². The highest BCUT2D eigenvalue weighted by atomic mass is 35.5. The summed E-state index contributed by atoms with van der Waals surface area (Å²) in [5.41, 5.74) is 1.23. The van der Waals surface area contributed by atoms with Gasteiger partial charge in [0.25, 0.3) is 0 Å². The molecule has 0 bridgehead atoms. The molecule has 1 aliphatic rings. The number of anilines is 1. The number of hydrogen-bond acceptors (Lipinski definition) is 5. The summed E-state index contributed by atoms with van der Waals surface area (Å²) < 4.78 is 31.6. The lowest BCUT2D eigenvalue weighted by molar-refractivity contribution is -0.136. The van der Waals surface area contributed by atoms with E-state index in [9.17, 15) is 18.0 Å². The van der Waals surface area contributed by atoms with Crippen LogP contribution in [0.25, 0.3) is 0 Å². The van der Waals surface area contributed by atoms with Crippen LogP contribution >= 0.6 is 11.6 Å². The van der Waals surface area contributed by atoms with Crippen LogP contribution in [0.2, 0.25) is 5.02 Å². The molecule has 3 rings (SSSR count). The van der Waals surface area contributed by atoms with Gasteiger partial charge in [0.2, 0.25) is 10.0 Å². The quantitative estimate of drug-likeness (QED) is 0.611. The van der Waals surface area contributed by atoms with Gasteiger partial charge in [0.15, 0.2) is 0 Å². The molecule has 0 atom stereocenters. The number of halogens is 1. The summed E-state index contributed by atoms with van der Waals surface area (Å²) in [6.07, 6.45) is 2.23. The van der Waals surface area contributed by atoms with Gasteiger partial charge in [-0.25, -0.2) is 8.42 Å². The van der Waals surface area contributed by atoms with E-state index in [0.29, 0.717) is 36.0 Å². The number of carbonyl (C=O) groups is 2. The molecule has 8 nitrogen and oxygen atoms in total. The van der Waals surface area contributed by atoms with E-state index in [2.05, 4.69) is 10.6 Å². The minimum absolute atomic E-state index is 0.230. The SMILES string of the molecule is COc1ccc(NC(=O)C(=O)NCCc2ccc(S(=O)(=O)N3CCCC3)cc2)cc1Cl. The molecular formula is C21H24ClN3O5S. The topological polar surface area (TPSA) is 105 Å². The normalized spacial score (nSPS) is 14.3. The molecule has 10 heteroatoms. The molecule has 2 aromatic rings. The van der Waals surface area contributed by atoms with Crippen LogP contribution in [0.4, 0.5) is 5.69 Å². The number of hydrogen-bond donors (Lipinski definition) is 2. The molecule has 0 aromatic heterocycles. The Morgan fingerprint density at radius 1 is 1.06 bits per heavy atom. The Kier molecular flexibility index (Phi) is 7.53. The molecule has 166 valence electrons. The number of amides is 2. The molecule has 2 N–H and O–H groups in total. The molecule has 1 fully saturated rings. The van der Waals surface area contributed by atoms with Crippen LogP contribution in [-0.4, -0.2) is 51.3 Å². The van der Waals surface area contributed by atoms with Gasteiger partial charge in [0.05, 0.1) is 17.0 Å². The second-order valence-corrected chi connectivity index (χ2v) is 9.41. The van der Waals surface area contributed by atoms with Gasteiger partial charge in [-0.15, -0.1) is 0 Å². The van der Waals surface area contributed by atoms with Crippen molar-refractivity contribution in [2.75, 3.05) is 32.1 Å². The predicted molar refractivity (Wildman–Crippen MR) is 118 cm³/mol. The van der Waals surface area contributed by atoms with Gasteiger partial charge in [0.1, 0.15) is 5.75 Å². The Morgan fingerprint density at radius 3 is 2.35 bits per heavy atom. The van der Waals surface area contributed by atoms with Crippen molar-refractivity contribution < 1.29 is 22.7 Å². The zero-order valence-electron chi connectivity index (χ0n) is 17.1. The van der Waals surface area contributed by atoms with E-state index in [0.717, 1.165) is 18.4 Å². The summed E-state index contributed by atoms with van der Waals surface area (Å²) in [4.78, 5) is 24.3. The summed E-state index contributed by atoms with van der Waals surface area (Å²) in [6, 6.07) is 11.2. The molecule has 2 amide bonds. The van der Waals surface area contributed by atoms with E-state index in [4.69, 9.17) is 16.3 Å². The maximum atomic E-state index is 12.5. The van der Waals surface area contributed by atoms with Crippen molar-refractivity contribution in [3.63, 3.8) is 0 Å². The van der Waals surface area contributed by atoms with Crippen LogP contribution < -0.4 is 15.4 Å². The van der Waals surface area contributed by atoms with Crippen LogP contribution in [-0.2, 0) is 26.0 Å². The summed E-state index contributed by atoms with van der Waals surface area (Å²) in [5, 5.41) is 5.33. The van der Waals surface area contributed by atoms with Crippen molar-refractivity contribution >= 4 is 39.1 Å². The number of rotatable bonds is 7. The van der Waals surface area contributed by atoms with Gasteiger partial charge >= 0.3 is 11.8 Å². The summed E-state index contributed by atoms with van der Waals surface area (Å²) in [6.45, 7) is 1.34. The Balaban J connectivity index is 1.48. The fourth-order valence-corrected chi connectivity index (χ4v) is 5.01. The minimum atomic E-state index is -3.44. The summed E-state index contributed by atoms with van der Waals surface area (Å²) in [5.74, 6) is -1.13. The molecule has 1 aliphatic heterocycles. The first-order chi connectivity index (χ1) is 14.8. The number of sulfonamides is 1. The van der Waals surface area contributed by atoms with E-state index in [1.165, 1.54) is 17.5 Å². The summed E-state index contributed by atoms with van der Waals surface area (Å²) >= 11 is 6.00. The first kappa shape index (κ1) is 23.1. The lowest BCUT2D eigenvalue weighted by Gasteiger charge is -2.15. The Labute approximate surface area is 186 Å². The van der Waals surface area contributed by atoms with Crippen molar-refractivity contribution in [1.29, 1.82) is 0 Å². The highest BCUT2D eigenvalue weighted by Gasteiger charge is 2.26. The monoisotopic (exact) mass is 465 g/mol. The fourth-order valence-electron chi connectivity index (χ4n) is 3.24. The zero-order chi connectivity index (χ0) is 22.4. The van der Waals surface area contributed by atoms with Gasteiger partial charge in [-0.05, 0) is 55.2 Å². The van der Waals surface area contributed by atoms with Gasteiger partial charge in [-0.1, -0.05) is 23.7 Å². The average Bonchev–Trinajstić information content (AvgIpc) is 3.30. The molecule has 1 heterocycles. The maximum Gasteiger partial charge on any atom is 0.313 e. The van der Waals surface area contributed by atoms with Crippen LogP contribution in [0.15, 0.2) is 47.4 Å². The van der Waals surface area contributed by atoms with Crippen LogP contribution in [0, 0.1) is 0 Å². The zero-order valence-corrected chi connectivity index (χ0v) is 18.6. The molecule has 0 aliphatic carbocycles. The average molecular weight is 466 g/mol. The largest absolute Gasteiger partial charge is 0.495 e. The van der Waals surface area contributed by atoms with Crippen LogP contribution in [0.3, 0.4) is 0 Å². The fraction of sp³-hybridized carbons (Fsp3) is 0.333. The third kappa shape index (κ3) is 5.75. The first-order valence-electron chi connectivity index (χ1n) is 9.83. The van der Waals surface area contributed by atoms with E-state index in [1.54, 1.807) is 36.4 Å². The van der Waals surface area contributed by atoms with E-state index in [1.807, 2.05) is 0 Å². The number of nitrogens with one attached hydrogen (secondary N) is 2. The molecule has 1 saturated heterocycles. The highest BCUT2D eigenvalue weighted by molar-refractivity contribution is 7.89. The molecule has 0 saturated carbocycles. The molecule has 0 radical (unpaired) electrons. The minimum Gasteiger partial charge on any atom is -0.495 e. The van der Waals surface area contributed by atoms with E-state index >= 15 is 0 Å². The molecule has 31 heavy (non-hydrogen) atoms. The number of ether oxygens (including phenoxy) is 1. The Bertz CT molecular complexity index is 1050. The van der Waals surface area contributed by atoms with Crippen molar-refractivity contribution in [3.8, 4) is 5.75 Å². The lowest BCUT2D eigenvalue weighted by Crippen LogP contribution is -2.36. The predicted octanol–water partition coefficient (Wildman–Crippen LogP) is 2.43. The van der Waals surface area contributed by atoms with Gasteiger partial charge in [-0.3, -0.25) is 9.59 Å². The molecule has 0 spiro atoms. The third-order valence-electron chi connectivity index (χ3n) is 4.94. The van der Waals surface area contributed by atoms with Crippen molar-refractivity contribution in [2.45, 2.75) is 24.2 Å². The second kappa shape index (κ2) is 10.1. The standard InChI is InChI=1S/C21H24ClN3O5S/c1-30-19-9-6-16(14-18(19)22)24-21(27)20(26)23-11-10-15-4-7-17(8-5-15)31(28,29)25-12-2-3-13-25/h4-9,14H,2-3,10-13H2,1H3,(H,23,26)(H,24,27). The number of benzene rings is 2.